The molecule has 0 aliphatic rings. The molecule has 0 unspecified atom stereocenters. The highest BCUT2D eigenvalue weighted by Gasteiger charge is 2.27. The van der Waals surface area contributed by atoms with E-state index >= 15 is 0 Å². The zero-order valence-corrected chi connectivity index (χ0v) is 16.6. The normalized spacial score (nSPS) is 11.5. The number of rotatable bonds is 5. The van der Waals surface area contributed by atoms with Crippen LogP contribution < -0.4 is 0 Å². The van der Waals surface area contributed by atoms with E-state index in [4.69, 9.17) is 0 Å². The van der Waals surface area contributed by atoms with Gasteiger partial charge < -0.3 is 4.57 Å². The number of halogens is 1. The number of hydrogen-bond donors (Lipinski definition) is 0. The number of benzene rings is 3. The van der Waals surface area contributed by atoms with Crippen LogP contribution in [0, 0.1) is 5.82 Å². The van der Waals surface area contributed by atoms with Crippen LogP contribution in [0.1, 0.15) is 5.56 Å². The molecule has 0 aliphatic carbocycles. The van der Waals surface area contributed by atoms with Gasteiger partial charge in [0.25, 0.3) is 0 Å². The van der Waals surface area contributed by atoms with Crippen molar-refractivity contribution in [3.8, 4) is 22.5 Å². The highest BCUT2D eigenvalue weighted by Crippen LogP contribution is 2.34. The van der Waals surface area contributed by atoms with Gasteiger partial charge in [0.2, 0.25) is 15.0 Å². The Morgan fingerprint density at radius 1 is 0.862 bits per heavy atom. The predicted octanol–water partition coefficient (Wildman–Crippen LogP) is 4.87. The van der Waals surface area contributed by atoms with E-state index in [1.54, 1.807) is 17.7 Å². The lowest BCUT2D eigenvalue weighted by molar-refractivity contribution is 0.578. The molecule has 4 rings (SSSR count). The van der Waals surface area contributed by atoms with Crippen molar-refractivity contribution in [3.05, 3.63) is 96.3 Å². The highest BCUT2D eigenvalue weighted by atomic mass is 32.2. The number of hydrogen-bond acceptors (Lipinski definition) is 3. The fourth-order valence-corrected chi connectivity index (χ4v) is 4.88. The van der Waals surface area contributed by atoms with Crippen LogP contribution >= 0.6 is 0 Å². The molecule has 29 heavy (non-hydrogen) atoms. The number of imidazole rings is 1. The summed E-state index contributed by atoms with van der Waals surface area (Å²) in [4.78, 5) is 4.53. The quantitative estimate of drug-likeness (QED) is 0.475. The molecule has 4 aromatic rings. The summed E-state index contributed by atoms with van der Waals surface area (Å²) in [6.45, 7) is 0. The third kappa shape index (κ3) is 3.84. The summed E-state index contributed by atoms with van der Waals surface area (Å²) < 4.78 is 41.4. The zero-order chi connectivity index (χ0) is 20.4. The Bertz CT molecular complexity index is 1250. The van der Waals surface area contributed by atoms with Gasteiger partial charge in [0.15, 0.2) is 0 Å². The Morgan fingerprint density at radius 3 is 2.10 bits per heavy atom. The Morgan fingerprint density at radius 2 is 1.48 bits per heavy atom. The van der Waals surface area contributed by atoms with E-state index in [0.29, 0.717) is 11.3 Å². The van der Waals surface area contributed by atoms with Gasteiger partial charge in [-0.25, -0.2) is 17.8 Å². The van der Waals surface area contributed by atoms with Gasteiger partial charge in [-0.1, -0.05) is 72.8 Å². The molecule has 0 radical (unpaired) electrons. The van der Waals surface area contributed by atoms with E-state index in [1.165, 1.54) is 18.2 Å². The average molecular weight is 406 g/mol. The van der Waals surface area contributed by atoms with Crippen molar-refractivity contribution in [2.24, 2.45) is 7.05 Å². The molecule has 0 fully saturated rings. The van der Waals surface area contributed by atoms with Gasteiger partial charge in [0, 0.05) is 18.2 Å². The molecule has 0 saturated carbocycles. The molecule has 1 aromatic heterocycles. The molecule has 6 heteroatoms. The van der Waals surface area contributed by atoms with Crippen LogP contribution in [0.3, 0.4) is 0 Å². The van der Waals surface area contributed by atoms with Crippen molar-refractivity contribution in [2.45, 2.75) is 10.9 Å². The average Bonchev–Trinajstić information content (AvgIpc) is 3.07. The van der Waals surface area contributed by atoms with Crippen molar-refractivity contribution in [3.63, 3.8) is 0 Å². The first-order valence-corrected chi connectivity index (χ1v) is 10.8. The second-order valence-electron chi connectivity index (χ2n) is 6.77. The van der Waals surface area contributed by atoms with Gasteiger partial charge in [-0.2, -0.15) is 0 Å². The third-order valence-corrected chi connectivity index (χ3v) is 6.31. The summed E-state index contributed by atoms with van der Waals surface area (Å²) >= 11 is 0. The van der Waals surface area contributed by atoms with E-state index in [-0.39, 0.29) is 10.9 Å². The van der Waals surface area contributed by atoms with E-state index < -0.39 is 15.7 Å². The van der Waals surface area contributed by atoms with E-state index in [9.17, 15) is 12.8 Å². The molecule has 0 amide bonds. The number of sulfone groups is 1. The fourth-order valence-electron chi connectivity index (χ4n) is 3.39. The minimum atomic E-state index is -3.79. The summed E-state index contributed by atoms with van der Waals surface area (Å²) in [5, 5.41) is -0.0422. The molecular weight excluding hydrogens is 387 g/mol. The van der Waals surface area contributed by atoms with Gasteiger partial charge in [0.1, 0.15) is 5.82 Å². The summed E-state index contributed by atoms with van der Waals surface area (Å²) in [5.74, 6) is -0.787. The second-order valence-corrected chi connectivity index (χ2v) is 8.65. The molecule has 3 aromatic carbocycles. The van der Waals surface area contributed by atoms with Crippen molar-refractivity contribution in [1.82, 2.24) is 9.55 Å². The maximum atomic E-state index is 13.5. The summed E-state index contributed by atoms with van der Waals surface area (Å²) in [5.41, 5.74) is 3.39. The monoisotopic (exact) mass is 406 g/mol. The van der Waals surface area contributed by atoms with Crippen molar-refractivity contribution in [1.29, 1.82) is 0 Å². The smallest absolute Gasteiger partial charge is 0.228 e. The van der Waals surface area contributed by atoms with Crippen LogP contribution in [0.4, 0.5) is 4.39 Å². The third-order valence-electron chi connectivity index (χ3n) is 4.67. The van der Waals surface area contributed by atoms with Gasteiger partial charge in [0.05, 0.1) is 17.1 Å². The Labute approximate surface area is 169 Å². The molecular formula is C23H19FN2O2S. The maximum absolute atomic E-state index is 13.5. The topological polar surface area (TPSA) is 52.0 Å². The molecule has 146 valence electrons. The van der Waals surface area contributed by atoms with Crippen molar-refractivity contribution >= 4 is 9.84 Å². The van der Waals surface area contributed by atoms with Crippen molar-refractivity contribution < 1.29 is 12.8 Å². The van der Waals surface area contributed by atoms with Gasteiger partial charge in [-0.05, 0) is 17.7 Å². The lowest BCUT2D eigenvalue weighted by Crippen LogP contribution is -2.11. The number of nitrogens with zero attached hydrogens (tertiary/aromatic N) is 2. The highest BCUT2D eigenvalue weighted by molar-refractivity contribution is 7.90. The van der Waals surface area contributed by atoms with Crippen LogP contribution in [0.5, 0.6) is 0 Å². The van der Waals surface area contributed by atoms with Crippen molar-refractivity contribution in [2.75, 3.05) is 0 Å². The van der Waals surface area contributed by atoms with Crippen LogP contribution in [-0.4, -0.2) is 18.0 Å². The summed E-state index contributed by atoms with van der Waals surface area (Å²) in [7, 11) is -2.10. The fraction of sp³-hybridized carbons (Fsp3) is 0.0870. The van der Waals surface area contributed by atoms with E-state index in [0.717, 1.165) is 16.8 Å². The van der Waals surface area contributed by atoms with E-state index in [1.807, 2.05) is 60.7 Å². The van der Waals surface area contributed by atoms with E-state index in [2.05, 4.69) is 4.98 Å². The largest absolute Gasteiger partial charge is 0.317 e. The maximum Gasteiger partial charge on any atom is 0.228 e. The molecule has 0 atom stereocenters. The lowest BCUT2D eigenvalue weighted by Gasteiger charge is -2.08. The standard InChI is InChI=1S/C23H19FN2O2S/c1-26-22(19-12-6-3-7-13-19)21(18-10-4-2-5-11-18)25-23(26)29(27,28)16-17-9-8-14-20(24)15-17/h2-15H,16H2,1H3. The van der Waals surface area contributed by atoms with Crippen LogP contribution in [0.25, 0.3) is 22.5 Å². The van der Waals surface area contributed by atoms with Crippen LogP contribution in [0.2, 0.25) is 0 Å². The molecule has 0 bridgehead atoms. The van der Waals surface area contributed by atoms with Gasteiger partial charge in [-0.3, -0.25) is 0 Å². The van der Waals surface area contributed by atoms with Gasteiger partial charge >= 0.3 is 0 Å². The molecule has 0 spiro atoms. The Balaban J connectivity index is 1.88. The molecule has 0 N–H and O–H groups in total. The molecule has 0 saturated heterocycles. The summed E-state index contributed by atoms with van der Waals surface area (Å²) in [6.07, 6.45) is 0. The van der Waals surface area contributed by atoms with Crippen LogP contribution in [-0.2, 0) is 22.6 Å². The Kier molecular flexibility index (Phi) is 5.03. The Hall–Kier alpha value is -3.25. The summed E-state index contributed by atoms with van der Waals surface area (Å²) in [6, 6.07) is 24.7. The zero-order valence-electron chi connectivity index (χ0n) is 15.8. The SMILES string of the molecule is Cn1c(S(=O)(=O)Cc2cccc(F)c2)nc(-c2ccccc2)c1-c1ccccc1. The number of aromatic nitrogens is 2. The minimum absolute atomic E-state index is 0.0422. The molecule has 1 heterocycles. The first kappa shape index (κ1) is 19.1. The second kappa shape index (κ2) is 7.64. The van der Waals surface area contributed by atoms with Gasteiger partial charge in [-0.15, -0.1) is 0 Å². The van der Waals surface area contributed by atoms with Crippen LogP contribution in [0.15, 0.2) is 90.1 Å². The first-order valence-electron chi connectivity index (χ1n) is 9.10. The lowest BCUT2D eigenvalue weighted by atomic mass is 10.1. The molecule has 4 nitrogen and oxygen atoms in total. The first-order chi connectivity index (χ1) is 14.0. The molecule has 0 aliphatic heterocycles. The minimum Gasteiger partial charge on any atom is -0.317 e. The predicted molar refractivity (Wildman–Crippen MR) is 111 cm³/mol.